The molecule has 0 atom stereocenters. The molecule has 0 aliphatic heterocycles. The fourth-order valence-electron chi connectivity index (χ4n) is 1.02. The molecule has 0 aliphatic rings. The molecule has 78 valence electrons. The monoisotopic (exact) mass is 233 g/mol. The molecule has 14 heavy (non-hydrogen) atoms. The molecule has 3 N–H and O–H groups in total. The molecule has 0 unspecified atom stereocenters. The van der Waals surface area contributed by atoms with Crippen molar-refractivity contribution in [2.75, 3.05) is 18.4 Å². The maximum Gasteiger partial charge on any atom is 0.144 e. The van der Waals surface area contributed by atoms with Crippen molar-refractivity contribution in [2.24, 2.45) is 5.73 Å². The van der Waals surface area contributed by atoms with Crippen molar-refractivity contribution >= 4 is 29.0 Å². The predicted molar refractivity (Wildman–Crippen MR) is 61.0 cm³/mol. The first-order chi connectivity index (χ1) is 6.74. The van der Waals surface area contributed by atoms with Crippen LogP contribution in [0.3, 0.4) is 0 Å². The first kappa shape index (κ1) is 11.6. The highest BCUT2D eigenvalue weighted by Gasteiger charge is 2.01. The van der Waals surface area contributed by atoms with E-state index in [1.54, 1.807) is 12.3 Å². The van der Waals surface area contributed by atoms with Crippen LogP contribution in [0.4, 0.5) is 5.82 Å². The van der Waals surface area contributed by atoms with Crippen LogP contribution in [0.1, 0.15) is 12.8 Å². The molecule has 1 aromatic heterocycles. The van der Waals surface area contributed by atoms with Crippen LogP contribution < -0.4 is 11.1 Å². The maximum absolute atomic E-state index is 5.91. The van der Waals surface area contributed by atoms with Gasteiger partial charge in [-0.2, -0.15) is 0 Å². The van der Waals surface area contributed by atoms with Gasteiger partial charge in [-0.3, -0.25) is 0 Å². The van der Waals surface area contributed by atoms with Crippen LogP contribution in [-0.2, 0) is 0 Å². The summed E-state index contributed by atoms with van der Waals surface area (Å²) in [6, 6.07) is 1.67. The van der Waals surface area contributed by atoms with E-state index in [9.17, 15) is 0 Å². The van der Waals surface area contributed by atoms with Gasteiger partial charge in [0.25, 0.3) is 0 Å². The Balaban J connectivity index is 2.42. The van der Waals surface area contributed by atoms with Crippen LogP contribution in [0.25, 0.3) is 0 Å². The minimum atomic E-state index is 0.544. The van der Waals surface area contributed by atoms with E-state index in [0.29, 0.717) is 22.4 Å². The van der Waals surface area contributed by atoms with Crippen LogP contribution in [0.15, 0.2) is 12.3 Å². The van der Waals surface area contributed by atoms with Crippen molar-refractivity contribution < 1.29 is 0 Å². The van der Waals surface area contributed by atoms with E-state index >= 15 is 0 Å². The number of rotatable bonds is 5. The van der Waals surface area contributed by atoms with Crippen LogP contribution in [0.2, 0.25) is 10.0 Å². The second kappa shape index (κ2) is 6.06. The van der Waals surface area contributed by atoms with Gasteiger partial charge in [-0.15, -0.1) is 0 Å². The van der Waals surface area contributed by atoms with Gasteiger partial charge in [0, 0.05) is 12.7 Å². The van der Waals surface area contributed by atoms with Gasteiger partial charge in [0.15, 0.2) is 0 Å². The van der Waals surface area contributed by atoms with Crippen molar-refractivity contribution in [2.45, 2.75) is 12.8 Å². The van der Waals surface area contributed by atoms with Crippen molar-refractivity contribution in [3.8, 4) is 0 Å². The zero-order chi connectivity index (χ0) is 10.4. The molecule has 0 fully saturated rings. The molecular weight excluding hydrogens is 221 g/mol. The summed E-state index contributed by atoms with van der Waals surface area (Å²) in [6.07, 6.45) is 3.58. The predicted octanol–water partition coefficient (Wildman–Crippen LogP) is 2.54. The van der Waals surface area contributed by atoms with Crippen LogP contribution >= 0.6 is 23.2 Å². The van der Waals surface area contributed by atoms with E-state index in [4.69, 9.17) is 28.9 Å². The van der Waals surface area contributed by atoms with Gasteiger partial charge in [0.05, 0.1) is 10.0 Å². The highest BCUT2D eigenvalue weighted by molar-refractivity contribution is 6.35. The third-order valence-electron chi connectivity index (χ3n) is 1.73. The van der Waals surface area contributed by atoms with Crippen LogP contribution in [0, 0.1) is 0 Å². The van der Waals surface area contributed by atoms with Gasteiger partial charge >= 0.3 is 0 Å². The van der Waals surface area contributed by atoms with E-state index in [1.165, 1.54) is 0 Å². The zero-order valence-electron chi connectivity index (χ0n) is 7.76. The Hall–Kier alpha value is -0.510. The number of unbranched alkanes of at least 4 members (excludes halogenated alkanes) is 1. The minimum absolute atomic E-state index is 0.544. The van der Waals surface area contributed by atoms with Gasteiger partial charge in [-0.1, -0.05) is 23.2 Å². The lowest BCUT2D eigenvalue weighted by molar-refractivity contribution is 0.772. The summed E-state index contributed by atoms with van der Waals surface area (Å²) < 4.78 is 0. The lowest BCUT2D eigenvalue weighted by atomic mass is 10.3. The number of aromatic nitrogens is 1. The maximum atomic E-state index is 5.91. The Morgan fingerprint density at radius 3 is 2.79 bits per heavy atom. The highest BCUT2D eigenvalue weighted by atomic mass is 35.5. The van der Waals surface area contributed by atoms with Crippen LogP contribution in [-0.4, -0.2) is 18.1 Å². The third-order valence-corrected chi connectivity index (χ3v) is 2.23. The second-order valence-corrected chi connectivity index (χ2v) is 3.75. The minimum Gasteiger partial charge on any atom is -0.369 e. The Kier molecular flexibility index (Phi) is 5.01. The van der Waals surface area contributed by atoms with Crippen molar-refractivity contribution in [3.05, 3.63) is 22.3 Å². The number of anilines is 1. The first-order valence-corrected chi connectivity index (χ1v) is 5.24. The molecule has 1 aromatic rings. The van der Waals surface area contributed by atoms with Gasteiger partial charge in [-0.05, 0) is 25.5 Å². The number of pyridine rings is 1. The quantitative estimate of drug-likeness (QED) is 0.769. The lowest BCUT2D eigenvalue weighted by Gasteiger charge is -2.06. The lowest BCUT2D eigenvalue weighted by Crippen LogP contribution is -2.06. The molecule has 3 nitrogen and oxygen atoms in total. The summed E-state index contributed by atoms with van der Waals surface area (Å²) in [6.45, 7) is 1.54. The third kappa shape index (κ3) is 3.70. The van der Waals surface area contributed by atoms with Crippen molar-refractivity contribution in [3.63, 3.8) is 0 Å². The summed E-state index contributed by atoms with van der Waals surface area (Å²) in [5.41, 5.74) is 5.37. The molecule has 0 saturated carbocycles. The molecule has 1 heterocycles. The average molecular weight is 234 g/mol. The van der Waals surface area contributed by atoms with Gasteiger partial charge in [-0.25, -0.2) is 4.98 Å². The van der Waals surface area contributed by atoms with E-state index in [-0.39, 0.29) is 0 Å². The van der Waals surface area contributed by atoms with E-state index in [0.717, 1.165) is 19.4 Å². The summed E-state index contributed by atoms with van der Waals surface area (Å²) in [5.74, 6) is 0.674. The molecule has 0 bridgehead atoms. The van der Waals surface area contributed by atoms with Crippen molar-refractivity contribution in [1.82, 2.24) is 4.98 Å². The summed E-state index contributed by atoms with van der Waals surface area (Å²) in [4.78, 5) is 4.07. The standard InChI is InChI=1S/C9H13Cl2N3/c10-7-5-8(11)9(14-6-7)13-4-2-1-3-12/h5-6H,1-4,12H2,(H,13,14). The van der Waals surface area contributed by atoms with E-state index in [1.807, 2.05) is 0 Å². The smallest absolute Gasteiger partial charge is 0.144 e. The summed E-state index contributed by atoms with van der Waals surface area (Å²) in [7, 11) is 0. The van der Waals surface area contributed by atoms with Gasteiger partial charge in [0.2, 0.25) is 0 Å². The first-order valence-electron chi connectivity index (χ1n) is 4.49. The molecule has 5 heteroatoms. The molecule has 0 radical (unpaired) electrons. The largest absolute Gasteiger partial charge is 0.369 e. The van der Waals surface area contributed by atoms with Gasteiger partial charge in [0.1, 0.15) is 5.82 Å². The van der Waals surface area contributed by atoms with E-state index in [2.05, 4.69) is 10.3 Å². The SMILES string of the molecule is NCCCCNc1ncc(Cl)cc1Cl. The highest BCUT2D eigenvalue weighted by Crippen LogP contribution is 2.22. The van der Waals surface area contributed by atoms with Crippen molar-refractivity contribution in [1.29, 1.82) is 0 Å². The number of nitrogens with zero attached hydrogens (tertiary/aromatic N) is 1. The molecule has 0 saturated heterocycles. The summed E-state index contributed by atoms with van der Waals surface area (Å²) in [5, 5.41) is 4.21. The zero-order valence-corrected chi connectivity index (χ0v) is 9.28. The normalized spacial score (nSPS) is 10.2. The Morgan fingerprint density at radius 1 is 1.36 bits per heavy atom. The fourth-order valence-corrected chi connectivity index (χ4v) is 1.47. The molecule has 0 spiro atoms. The molecule has 0 aromatic carbocycles. The number of nitrogens with one attached hydrogen (secondary N) is 1. The molecule has 0 aliphatic carbocycles. The van der Waals surface area contributed by atoms with E-state index < -0.39 is 0 Å². The van der Waals surface area contributed by atoms with Gasteiger partial charge < -0.3 is 11.1 Å². The molecule has 1 rings (SSSR count). The Morgan fingerprint density at radius 2 is 2.14 bits per heavy atom. The average Bonchev–Trinajstić information content (AvgIpc) is 2.15. The number of nitrogens with two attached hydrogens (primary N) is 1. The molecule has 0 amide bonds. The topological polar surface area (TPSA) is 50.9 Å². The Bertz CT molecular complexity index is 291. The second-order valence-electron chi connectivity index (χ2n) is 2.91. The number of halogens is 2. The Labute approximate surface area is 93.6 Å². The number of hydrogen-bond donors (Lipinski definition) is 2. The number of hydrogen-bond acceptors (Lipinski definition) is 3. The van der Waals surface area contributed by atoms with Crippen LogP contribution in [0.5, 0.6) is 0 Å². The fraction of sp³-hybridized carbons (Fsp3) is 0.444. The molecular formula is C9H13Cl2N3. The summed E-state index contributed by atoms with van der Waals surface area (Å²) >= 11 is 11.6.